The fraction of sp³-hybridized carbons (Fsp3) is 0.500. The van der Waals surface area contributed by atoms with E-state index in [2.05, 4.69) is 15.2 Å². The molecule has 7 heteroatoms. The summed E-state index contributed by atoms with van der Waals surface area (Å²) in [6.45, 7) is 2.05. The maximum absolute atomic E-state index is 12.6. The van der Waals surface area contributed by atoms with Crippen LogP contribution in [0.1, 0.15) is 43.2 Å². The van der Waals surface area contributed by atoms with E-state index in [0.29, 0.717) is 23.9 Å². The standard InChI is InChI=1S/C20H26N4O2S/c1-26-16-9-7-14(8-10-16)11-24-18-17(19(25)22-20(24)27)12-23(13-21-18)15-5-3-2-4-6-15/h7-10,15,21H,2-6,11-13H2,1H3,(H,22,25,27). The van der Waals surface area contributed by atoms with E-state index >= 15 is 0 Å². The summed E-state index contributed by atoms with van der Waals surface area (Å²) in [4.78, 5) is 17.8. The van der Waals surface area contributed by atoms with Crippen LogP contribution in [0, 0.1) is 4.77 Å². The molecule has 1 aliphatic heterocycles. The quantitative estimate of drug-likeness (QED) is 0.788. The summed E-state index contributed by atoms with van der Waals surface area (Å²) in [7, 11) is 1.66. The van der Waals surface area contributed by atoms with E-state index in [4.69, 9.17) is 17.0 Å². The van der Waals surface area contributed by atoms with Crippen molar-refractivity contribution >= 4 is 18.0 Å². The van der Waals surface area contributed by atoms with Gasteiger partial charge in [0, 0.05) is 12.6 Å². The molecule has 27 heavy (non-hydrogen) atoms. The van der Waals surface area contributed by atoms with Crippen LogP contribution in [0.3, 0.4) is 0 Å². The average Bonchev–Trinajstić information content (AvgIpc) is 2.72. The molecule has 2 N–H and O–H groups in total. The number of hydrogen-bond acceptors (Lipinski definition) is 5. The Kier molecular flexibility index (Phi) is 5.31. The molecule has 0 bridgehead atoms. The summed E-state index contributed by atoms with van der Waals surface area (Å²) < 4.78 is 7.67. The van der Waals surface area contributed by atoms with Gasteiger partial charge in [-0.25, -0.2) is 0 Å². The van der Waals surface area contributed by atoms with Gasteiger partial charge in [-0.05, 0) is 42.8 Å². The number of methoxy groups -OCH3 is 1. The van der Waals surface area contributed by atoms with E-state index < -0.39 is 0 Å². The number of ether oxygens (including phenoxy) is 1. The van der Waals surface area contributed by atoms with Gasteiger partial charge in [0.05, 0.1) is 25.9 Å². The molecule has 1 saturated carbocycles. The summed E-state index contributed by atoms with van der Waals surface area (Å²) in [6, 6.07) is 8.49. The Morgan fingerprint density at radius 2 is 1.93 bits per heavy atom. The first-order valence-corrected chi connectivity index (χ1v) is 10.0. The molecule has 0 atom stereocenters. The van der Waals surface area contributed by atoms with Crippen LogP contribution in [0.25, 0.3) is 0 Å². The monoisotopic (exact) mass is 386 g/mol. The Morgan fingerprint density at radius 3 is 2.63 bits per heavy atom. The van der Waals surface area contributed by atoms with E-state index in [0.717, 1.165) is 29.4 Å². The molecule has 4 rings (SSSR count). The van der Waals surface area contributed by atoms with Gasteiger partial charge >= 0.3 is 0 Å². The zero-order valence-corrected chi connectivity index (χ0v) is 16.5. The predicted octanol–water partition coefficient (Wildman–Crippen LogP) is 3.48. The lowest BCUT2D eigenvalue weighted by atomic mass is 9.94. The van der Waals surface area contributed by atoms with Crippen molar-refractivity contribution in [1.29, 1.82) is 0 Å². The minimum Gasteiger partial charge on any atom is -0.497 e. The predicted molar refractivity (Wildman–Crippen MR) is 109 cm³/mol. The van der Waals surface area contributed by atoms with Gasteiger partial charge in [-0.15, -0.1) is 0 Å². The average molecular weight is 387 g/mol. The number of rotatable bonds is 4. The van der Waals surface area contributed by atoms with Crippen molar-refractivity contribution in [3.05, 3.63) is 50.5 Å². The number of nitrogens with one attached hydrogen (secondary N) is 2. The topological polar surface area (TPSA) is 62.3 Å². The highest BCUT2D eigenvalue weighted by molar-refractivity contribution is 7.71. The van der Waals surface area contributed by atoms with Crippen LogP contribution in [-0.2, 0) is 13.1 Å². The minimum atomic E-state index is -0.0750. The Labute approximate surface area is 164 Å². The van der Waals surface area contributed by atoms with Crippen molar-refractivity contribution in [1.82, 2.24) is 14.5 Å². The Hall–Kier alpha value is -2.12. The van der Waals surface area contributed by atoms with Crippen LogP contribution in [0.5, 0.6) is 5.75 Å². The fourth-order valence-electron chi connectivity index (χ4n) is 4.17. The van der Waals surface area contributed by atoms with Gasteiger partial charge in [0.1, 0.15) is 11.6 Å². The maximum Gasteiger partial charge on any atom is 0.258 e. The maximum atomic E-state index is 12.6. The summed E-state index contributed by atoms with van der Waals surface area (Å²) in [6.07, 6.45) is 6.34. The first kappa shape index (κ1) is 18.3. The zero-order valence-electron chi connectivity index (χ0n) is 15.7. The van der Waals surface area contributed by atoms with Crippen molar-refractivity contribution in [3.8, 4) is 5.75 Å². The SMILES string of the molecule is COc1ccc(Cn2c3c(c(=O)[nH]c2=S)CN(C2CCCCC2)CN3)cc1. The minimum absolute atomic E-state index is 0.0750. The molecule has 0 amide bonds. The molecule has 2 aromatic rings. The Balaban J connectivity index is 1.62. The second kappa shape index (κ2) is 7.86. The van der Waals surface area contributed by atoms with Crippen LogP contribution >= 0.6 is 12.2 Å². The Bertz CT molecular complexity index is 913. The molecule has 0 radical (unpaired) electrons. The smallest absolute Gasteiger partial charge is 0.258 e. The van der Waals surface area contributed by atoms with Gasteiger partial charge in [0.15, 0.2) is 4.77 Å². The molecular weight excluding hydrogens is 360 g/mol. The molecule has 6 nitrogen and oxygen atoms in total. The second-order valence-corrected chi connectivity index (χ2v) is 7.78. The van der Waals surface area contributed by atoms with Crippen molar-refractivity contribution in [2.45, 2.75) is 51.2 Å². The molecule has 144 valence electrons. The number of anilines is 1. The first-order chi connectivity index (χ1) is 13.2. The number of hydrogen-bond donors (Lipinski definition) is 2. The van der Waals surface area contributed by atoms with Gasteiger partial charge in [-0.3, -0.25) is 14.7 Å². The molecule has 1 fully saturated rings. The van der Waals surface area contributed by atoms with Crippen LogP contribution < -0.4 is 15.6 Å². The highest BCUT2D eigenvalue weighted by Crippen LogP contribution is 2.28. The van der Waals surface area contributed by atoms with Crippen LogP contribution in [0.4, 0.5) is 5.82 Å². The van der Waals surface area contributed by atoms with Gasteiger partial charge in [0.2, 0.25) is 0 Å². The van der Waals surface area contributed by atoms with E-state index in [-0.39, 0.29) is 5.56 Å². The lowest BCUT2D eigenvalue weighted by molar-refractivity contribution is 0.152. The number of fused-ring (bicyclic) bond motifs is 1. The summed E-state index contributed by atoms with van der Waals surface area (Å²) >= 11 is 5.46. The van der Waals surface area contributed by atoms with Crippen molar-refractivity contribution in [2.24, 2.45) is 0 Å². The van der Waals surface area contributed by atoms with E-state index in [1.165, 1.54) is 32.1 Å². The number of H-pyrrole nitrogens is 1. The molecule has 1 aromatic carbocycles. The number of benzene rings is 1. The fourth-order valence-corrected chi connectivity index (χ4v) is 4.41. The largest absolute Gasteiger partial charge is 0.497 e. The van der Waals surface area contributed by atoms with E-state index in [1.807, 2.05) is 28.8 Å². The molecule has 1 aromatic heterocycles. The van der Waals surface area contributed by atoms with Crippen molar-refractivity contribution in [2.75, 3.05) is 19.1 Å². The highest BCUT2D eigenvalue weighted by atomic mass is 32.1. The Morgan fingerprint density at radius 1 is 1.19 bits per heavy atom. The second-order valence-electron chi connectivity index (χ2n) is 7.39. The van der Waals surface area contributed by atoms with E-state index in [9.17, 15) is 4.79 Å². The molecule has 0 spiro atoms. The lowest BCUT2D eigenvalue weighted by Gasteiger charge is -2.38. The molecule has 2 heterocycles. The molecule has 0 saturated heterocycles. The first-order valence-electron chi connectivity index (χ1n) is 9.62. The molecular formula is C20H26N4O2S. The molecule has 2 aliphatic rings. The van der Waals surface area contributed by atoms with Gasteiger partial charge in [-0.2, -0.15) is 0 Å². The van der Waals surface area contributed by atoms with Crippen molar-refractivity contribution < 1.29 is 4.74 Å². The van der Waals surface area contributed by atoms with Crippen LogP contribution in [0.2, 0.25) is 0 Å². The van der Waals surface area contributed by atoms with Gasteiger partial charge in [-0.1, -0.05) is 31.4 Å². The molecule has 1 aliphatic carbocycles. The van der Waals surface area contributed by atoms with E-state index in [1.54, 1.807) is 7.11 Å². The third-order valence-electron chi connectivity index (χ3n) is 5.70. The zero-order chi connectivity index (χ0) is 18.8. The van der Waals surface area contributed by atoms with Crippen molar-refractivity contribution in [3.63, 3.8) is 0 Å². The normalized spacial score (nSPS) is 18.0. The summed E-state index contributed by atoms with van der Waals surface area (Å²) in [5, 5.41) is 3.48. The van der Waals surface area contributed by atoms with Crippen LogP contribution in [-0.4, -0.2) is 34.3 Å². The number of aromatic nitrogens is 2. The molecule has 0 unspecified atom stereocenters. The third kappa shape index (κ3) is 3.80. The number of aromatic amines is 1. The lowest BCUT2D eigenvalue weighted by Crippen LogP contribution is -2.45. The number of nitrogens with zero attached hydrogens (tertiary/aromatic N) is 2. The van der Waals surface area contributed by atoms with Gasteiger partial charge < -0.3 is 14.6 Å². The van der Waals surface area contributed by atoms with Crippen LogP contribution in [0.15, 0.2) is 29.1 Å². The highest BCUT2D eigenvalue weighted by Gasteiger charge is 2.27. The summed E-state index contributed by atoms with van der Waals surface area (Å²) in [5.74, 6) is 1.68. The van der Waals surface area contributed by atoms with Gasteiger partial charge in [0.25, 0.3) is 5.56 Å². The summed E-state index contributed by atoms with van der Waals surface area (Å²) in [5.41, 5.74) is 1.82. The third-order valence-corrected chi connectivity index (χ3v) is 6.02.